The zero-order valence-corrected chi connectivity index (χ0v) is 13.8. The molecule has 3 heterocycles. The summed E-state index contributed by atoms with van der Waals surface area (Å²) in [4.78, 5) is 18.3. The quantitative estimate of drug-likeness (QED) is 0.799. The monoisotopic (exact) mass is 339 g/mol. The van der Waals surface area contributed by atoms with Gasteiger partial charge in [0.25, 0.3) is 0 Å². The number of rotatable bonds is 2. The van der Waals surface area contributed by atoms with Gasteiger partial charge in [0.1, 0.15) is 18.2 Å². The van der Waals surface area contributed by atoms with Crippen LogP contribution < -0.4 is 21.9 Å². The van der Waals surface area contributed by atoms with Gasteiger partial charge in [-0.1, -0.05) is 6.07 Å². The highest BCUT2D eigenvalue weighted by Gasteiger charge is 2.54. The van der Waals surface area contributed by atoms with E-state index in [0.29, 0.717) is 30.5 Å². The molecule has 25 heavy (non-hydrogen) atoms. The normalized spacial score (nSPS) is 30.4. The van der Waals surface area contributed by atoms with Gasteiger partial charge < -0.3 is 16.2 Å². The van der Waals surface area contributed by atoms with Crippen LogP contribution in [0, 0.1) is 11.8 Å². The maximum Gasteiger partial charge on any atom is 0.354 e. The molecule has 0 amide bonds. The number of fused-ring (bicyclic) bond motifs is 2. The molecule has 5 rings (SSSR count). The van der Waals surface area contributed by atoms with Crippen LogP contribution in [-0.4, -0.2) is 46.2 Å². The Morgan fingerprint density at radius 2 is 2.00 bits per heavy atom. The number of nitrogens with zero attached hydrogens (tertiary/aromatic N) is 3. The second kappa shape index (κ2) is 5.31. The Labute approximate surface area is 145 Å². The van der Waals surface area contributed by atoms with Crippen LogP contribution in [-0.2, 0) is 6.42 Å². The molecule has 3 aliphatic rings. The highest BCUT2D eigenvalue weighted by atomic mass is 16.5. The first-order valence-corrected chi connectivity index (χ1v) is 8.71. The van der Waals surface area contributed by atoms with Gasteiger partial charge in [0.05, 0.1) is 5.69 Å². The number of hydrogen-bond donors (Lipinski definition) is 2. The van der Waals surface area contributed by atoms with Crippen LogP contribution >= 0.6 is 0 Å². The molecule has 130 valence electrons. The molecule has 0 radical (unpaired) electrons. The number of anilines is 1. The maximum absolute atomic E-state index is 12.0. The van der Waals surface area contributed by atoms with E-state index in [-0.39, 0.29) is 11.5 Å². The van der Waals surface area contributed by atoms with Crippen molar-refractivity contribution in [1.82, 2.24) is 14.5 Å². The second-order valence-corrected chi connectivity index (χ2v) is 7.32. The molecule has 1 aromatic carbocycles. The molecule has 7 nitrogen and oxygen atoms in total. The molecule has 1 aliphatic carbocycles. The number of hydrogen-bond acceptors (Lipinski definition) is 6. The summed E-state index contributed by atoms with van der Waals surface area (Å²) in [6.07, 6.45) is 2.61. The predicted molar refractivity (Wildman–Crippen MR) is 93.8 cm³/mol. The van der Waals surface area contributed by atoms with Gasteiger partial charge in [-0.15, -0.1) is 0 Å². The van der Waals surface area contributed by atoms with Crippen LogP contribution in [0.15, 0.2) is 35.3 Å². The van der Waals surface area contributed by atoms with Crippen molar-refractivity contribution in [2.75, 3.05) is 25.4 Å². The number of nitrogens with two attached hydrogens (primary N) is 2. The van der Waals surface area contributed by atoms with Gasteiger partial charge in [-0.2, -0.15) is 4.98 Å². The molecule has 1 saturated carbocycles. The molecule has 4 atom stereocenters. The van der Waals surface area contributed by atoms with Crippen LogP contribution in [0.2, 0.25) is 0 Å². The predicted octanol–water partition coefficient (Wildman–Crippen LogP) is 0.00710. The number of piperidine rings is 1. The summed E-state index contributed by atoms with van der Waals surface area (Å²) in [6, 6.07) is 8.33. The molecule has 4 N–H and O–H groups in total. The van der Waals surface area contributed by atoms with Crippen LogP contribution in [0.5, 0.6) is 5.75 Å². The Hall–Kier alpha value is -2.38. The maximum atomic E-state index is 12.0. The van der Waals surface area contributed by atoms with Gasteiger partial charge in [-0.25, -0.2) is 4.79 Å². The molecule has 1 aromatic heterocycles. The third kappa shape index (κ3) is 2.42. The zero-order valence-electron chi connectivity index (χ0n) is 13.8. The summed E-state index contributed by atoms with van der Waals surface area (Å²) in [6.45, 7) is 2.87. The lowest BCUT2D eigenvalue weighted by Gasteiger charge is -2.33. The largest absolute Gasteiger partial charge is 0.492 e. The molecule has 0 bridgehead atoms. The molecule has 7 heteroatoms. The number of ether oxygens (including phenoxy) is 1. The summed E-state index contributed by atoms with van der Waals surface area (Å²) in [5.41, 5.74) is 13.1. The summed E-state index contributed by atoms with van der Waals surface area (Å²) < 4.78 is 7.49. The van der Waals surface area contributed by atoms with Crippen molar-refractivity contribution >= 4 is 5.82 Å². The molecule has 1 saturated heterocycles. The molecule has 2 aliphatic heterocycles. The first kappa shape index (κ1) is 14.9. The Morgan fingerprint density at radius 1 is 1.20 bits per heavy atom. The number of aromatic nitrogens is 2. The first-order chi connectivity index (χ1) is 12.1. The van der Waals surface area contributed by atoms with Crippen LogP contribution in [0.25, 0.3) is 5.69 Å². The molecule has 0 spiro atoms. The Kier molecular flexibility index (Phi) is 3.17. The van der Waals surface area contributed by atoms with Crippen molar-refractivity contribution < 1.29 is 4.74 Å². The van der Waals surface area contributed by atoms with E-state index in [1.807, 2.05) is 18.2 Å². The Morgan fingerprint density at radius 3 is 2.76 bits per heavy atom. The van der Waals surface area contributed by atoms with E-state index >= 15 is 0 Å². The summed E-state index contributed by atoms with van der Waals surface area (Å²) >= 11 is 0. The van der Waals surface area contributed by atoms with Crippen molar-refractivity contribution in [1.29, 1.82) is 0 Å². The fraction of sp³-hybridized carbons (Fsp3) is 0.444. The van der Waals surface area contributed by atoms with Crippen LogP contribution in [0.4, 0.5) is 5.82 Å². The average Bonchev–Trinajstić information content (AvgIpc) is 3.03. The number of nitrogen functional groups attached to an aromatic ring is 1. The lowest BCUT2D eigenvalue weighted by atomic mass is 10.0. The van der Waals surface area contributed by atoms with Crippen molar-refractivity contribution in [2.24, 2.45) is 17.6 Å². The molecule has 2 aromatic rings. The van der Waals surface area contributed by atoms with Crippen molar-refractivity contribution in [2.45, 2.75) is 18.5 Å². The lowest BCUT2D eigenvalue weighted by Crippen LogP contribution is -2.44. The van der Waals surface area contributed by atoms with Gasteiger partial charge in [-0.3, -0.25) is 9.47 Å². The van der Waals surface area contributed by atoms with Crippen molar-refractivity contribution in [3.63, 3.8) is 0 Å². The SMILES string of the molecule is Nc1ccn(-c2ccc3c(c2)OCC(N2C[C@@H]4[C@@H](N)[C@@H]4C2)C3)c(=O)n1. The minimum absolute atomic E-state index is 0.224. The van der Waals surface area contributed by atoms with Crippen LogP contribution in [0.3, 0.4) is 0 Å². The highest BCUT2D eigenvalue weighted by molar-refractivity contribution is 5.46. The molecule has 1 unspecified atom stereocenters. The summed E-state index contributed by atoms with van der Waals surface area (Å²) in [5, 5.41) is 0. The van der Waals surface area contributed by atoms with E-state index in [0.717, 1.165) is 30.9 Å². The minimum atomic E-state index is -0.388. The van der Waals surface area contributed by atoms with Gasteiger partial charge in [-0.05, 0) is 36.0 Å². The number of likely N-dealkylation sites (tertiary alicyclic amines) is 1. The van der Waals surface area contributed by atoms with Gasteiger partial charge in [0.2, 0.25) is 0 Å². The smallest absolute Gasteiger partial charge is 0.354 e. The molecule has 2 fully saturated rings. The van der Waals surface area contributed by atoms with E-state index in [1.54, 1.807) is 12.3 Å². The van der Waals surface area contributed by atoms with Crippen molar-refractivity contribution in [3.8, 4) is 11.4 Å². The fourth-order valence-electron chi connectivity index (χ4n) is 4.25. The van der Waals surface area contributed by atoms with Crippen LogP contribution in [0.1, 0.15) is 5.56 Å². The fourth-order valence-corrected chi connectivity index (χ4v) is 4.25. The third-order valence-electron chi connectivity index (χ3n) is 5.85. The summed E-state index contributed by atoms with van der Waals surface area (Å²) in [5.74, 6) is 2.45. The zero-order chi connectivity index (χ0) is 17.1. The standard InChI is InChI=1S/C18H21N5O2/c19-16-3-4-23(18(24)21-16)11-2-1-10-5-12(9-25-15(10)6-11)22-7-13-14(8-22)17(13)20/h1-4,6,12-14,17H,5,7-9,20H2,(H2,19,21,24)/t12?,13-,14+,17+. The third-order valence-corrected chi connectivity index (χ3v) is 5.85. The van der Waals surface area contributed by atoms with Gasteiger partial charge in [0, 0.05) is 37.4 Å². The number of benzene rings is 1. The Balaban J connectivity index is 1.37. The average molecular weight is 339 g/mol. The topological polar surface area (TPSA) is 99.4 Å². The molecular weight excluding hydrogens is 318 g/mol. The van der Waals surface area contributed by atoms with E-state index in [9.17, 15) is 4.79 Å². The Bertz CT molecular complexity index is 883. The first-order valence-electron chi connectivity index (χ1n) is 8.71. The van der Waals surface area contributed by atoms with Gasteiger partial charge in [0.15, 0.2) is 0 Å². The van der Waals surface area contributed by atoms with E-state index in [4.69, 9.17) is 16.2 Å². The van der Waals surface area contributed by atoms with Crippen molar-refractivity contribution in [3.05, 3.63) is 46.5 Å². The summed E-state index contributed by atoms with van der Waals surface area (Å²) in [7, 11) is 0. The second-order valence-electron chi connectivity index (χ2n) is 7.32. The molecular formula is C18H21N5O2. The minimum Gasteiger partial charge on any atom is -0.492 e. The van der Waals surface area contributed by atoms with E-state index in [2.05, 4.69) is 9.88 Å². The lowest BCUT2D eigenvalue weighted by molar-refractivity contribution is 0.129. The van der Waals surface area contributed by atoms with Gasteiger partial charge >= 0.3 is 5.69 Å². The van der Waals surface area contributed by atoms with E-state index < -0.39 is 0 Å². The van der Waals surface area contributed by atoms with E-state index in [1.165, 1.54) is 10.1 Å². The highest BCUT2D eigenvalue weighted by Crippen LogP contribution is 2.45.